The summed E-state index contributed by atoms with van der Waals surface area (Å²) in [5, 5.41) is 33.2. The van der Waals surface area contributed by atoms with Gasteiger partial charge in [0.25, 0.3) is 0 Å². The zero-order chi connectivity index (χ0) is 42.6. The molecule has 21 heteroatoms. The molecule has 19 nitrogen and oxygen atoms in total. The molecule has 5 aliphatic rings. The van der Waals surface area contributed by atoms with Gasteiger partial charge in [0.15, 0.2) is 23.9 Å². The van der Waals surface area contributed by atoms with Crippen molar-refractivity contribution in [3.8, 4) is 0 Å². The summed E-state index contributed by atoms with van der Waals surface area (Å²) in [4.78, 5) is 52.4. The summed E-state index contributed by atoms with van der Waals surface area (Å²) >= 11 is 0. The highest BCUT2D eigenvalue weighted by atomic mass is 32.3. The van der Waals surface area contributed by atoms with Crippen LogP contribution in [0.2, 0.25) is 0 Å². The SMILES string of the molecule is C=C1[C@@H]2CC[C@H]3[C@]4(C)C[C@H](O[C@H]5O[C@H](COC(=O)CC(C)C)[C@@H](OS(=O)(=O)O)[C@H](OS(=O)(=O)O)[C@H]5OC(=O)CC(C)C)CC(C(=O)O)(C(=O)O)[C@H]4CC[C@]3(C2)[C@H]1O. The van der Waals surface area contributed by atoms with Crippen LogP contribution in [0.5, 0.6) is 0 Å². The molecule has 5 rings (SSSR count). The van der Waals surface area contributed by atoms with Crippen molar-refractivity contribution >= 4 is 44.7 Å². The van der Waals surface area contributed by atoms with Crippen LogP contribution in [0.4, 0.5) is 0 Å². The van der Waals surface area contributed by atoms with Gasteiger partial charge >= 0.3 is 44.7 Å². The number of esters is 2. The first-order valence-corrected chi connectivity index (χ1v) is 21.8. The number of hydrogen-bond donors (Lipinski definition) is 5. The topological polar surface area (TPSA) is 293 Å². The van der Waals surface area contributed by atoms with Crippen molar-refractivity contribution in [3.63, 3.8) is 0 Å². The lowest BCUT2D eigenvalue weighted by Crippen LogP contribution is -2.67. The first-order chi connectivity index (χ1) is 26.2. The minimum atomic E-state index is -5.58. The fourth-order valence-corrected chi connectivity index (χ4v) is 11.8. The molecule has 5 N–H and O–H groups in total. The van der Waals surface area contributed by atoms with Crippen LogP contribution in [-0.2, 0) is 67.3 Å². The summed E-state index contributed by atoms with van der Waals surface area (Å²) in [7, 11) is -11.1. The van der Waals surface area contributed by atoms with Crippen molar-refractivity contribution in [1.82, 2.24) is 0 Å². The molecule has 4 aliphatic carbocycles. The van der Waals surface area contributed by atoms with Crippen molar-refractivity contribution in [2.24, 2.45) is 45.8 Å². The lowest BCUT2D eigenvalue weighted by Gasteiger charge is -2.64. The van der Waals surface area contributed by atoms with E-state index in [0.29, 0.717) is 31.3 Å². The average Bonchev–Trinajstić information content (AvgIpc) is 3.22. The predicted octanol–water partition coefficient (Wildman–Crippen LogP) is 2.72. The smallest absolute Gasteiger partial charge is 0.397 e. The number of carboxylic acids is 2. The number of carbonyl (C=O) groups is 4. The van der Waals surface area contributed by atoms with Gasteiger partial charge in [0, 0.05) is 24.7 Å². The highest BCUT2D eigenvalue weighted by molar-refractivity contribution is 7.81. The van der Waals surface area contributed by atoms with E-state index >= 15 is 0 Å². The van der Waals surface area contributed by atoms with E-state index in [1.54, 1.807) is 34.6 Å². The molecule has 0 amide bonds. The molecule has 0 aromatic heterocycles. The Hall–Kier alpha value is -2.76. The molecule has 1 aliphatic heterocycles. The second-order valence-corrected chi connectivity index (χ2v) is 19.5. The second kappa shape index (κ2) is 16.4. The zero-order valence-electron chi connectivity index (χ0n) is 32.5. The van der Waals surface area contributed by atoms with Crippen molar-refractivity contribution in [1.29, 1.82) is 0 Å². The largest absolute Gasteiger partial charge is 0.480 e. The molecule has 5 fully saturated rings. The minimum absolute atomic E-state index is 0.0222. The summed E-state index contributed by atoms with van der Waals surface area (Å²) in [6.45, 7) is 11.7. The van der Waals surface area contributed by atoms with E-state index in [-0.39, 0.29) is 43.4 Å². The number of rotatable bonds is 15. The Balaban J connectivity index is 1.61. The first-order valence-electron chi connectivity index (χ1n) is 19.0. The molecular weight excluding hydrogens is 801 g/mol. The van der Waals surface area contributed by atoms with Crippen LogP contribution in [0.25, 0.3) is 0 Å². The molecule has 57 heavy (non-hydrogen) atoms. The number of fused-ring (bicyclic) bond motifs is 3. The monoisotopic (exact) mass is 854 g/mol. The minimum Gasteiger partial charge on any atom is -0.480 e. The van der Waals surface area contributed by atoms with Gasteiger partial charge in [0.1, 0.15) is 18.8 Å². The molecule has 2 bridgehead atoms. The standard InChI is InChI=1S/C36H54O19S2/c1-17(2)11-25(37)50-16-22-27(54-56(44,45)46)28(55-57(47,48)49)29(53-26(38)12-18(3)4)31(52-22)51-21-14-34(6)23-8-7-20-13-35(23,30(39)19(20)5)10-9-24(34)36(15-21,32(40)41)33(42)43/h17-18,20-24,27-31,39H,5,7-16H2,1-4,6H3,(H,40,41)(H,42,43)(H,44,45,46)(H,47,48,49)/t20-,21+,22-,23+,24+,27-,28+,29-,30+,31+,34+,35-/m1/s1. The van der Waals surface area contributed by atoms with Gasteiger partial charge in [-0.2, -0.15) is 16.8 Å². The number of hydrogen-bond acceptors (Lipinski definition) is 15. The maximum atomic E-state index is 13.3. The van der Waals surface area contributed by atoms with Gasteiger partial charge in [-0.25, -0.2) is 8.37 Å². The molecule has 1 saturated heterocycles. The van der Waals surface area contributed by atoms with Crippen LogP contribution >= 0.6 is 0 Å². The number of carboxylic acid groups (broad SMARTS) is 2. The summed E-state index contributed by atoms with van der Waals surface area (Å²) in [5.41, 5.74) is -3.62. The fourth-order valence-electron chi connectivity index (χ4n) is 10.8. The Morgan fingerprint density at radius 2 is 1.40 bits per heavy atom. The Labute approximate surface area is 331 Å². The lowest BCUT2D eigenvalue weighted by molar-refractivity contribution is -0.319. The Morgan fingerprint density at radius 1 is 0.825 bits per heavy atom. The third-order valence-corrected chi connectivity index (χ3v) is 13.8. The van der Waals surface area contributed by atoms with Gasteiger partial charge in [0.2, 0.25) is 0 Å². The van der Waals surface area contributed by atoms with Gasteiger partial charge < -0.3 is 34.3 Å². The highest BCUT2D eigenvalue weighted by Crippen LogP contribution is 2.72. The third-order valence-electron chi connectivity index (χ3n) is 12.8. The van der Waals surface area contributed by atoms with E-state index < -0.39 is 129 Å². The zero-order valence-corrected chi connectivity index (χ0v) is 34.1. The summed E-state index contributed by atoms with van der Waals surface area (Å²) in [6, 6.07) is 0. The Bertz CT molecular complexity index is 1800. The quantitative estimate of drug-likeness (QED) is 0.0520. The number of aliphatic hydroxyl groups is 1. The van der Waals surface area contributed by atoms with Crippen molar-refractivity contribution in [2.75, 3.05) is 6.61 Å². The van der Waals surface area contributed by atoms with Crippen LogP contribution < -0.4 is 0 Å². The van der Waals surface area contributed by atoms with E-state index in [2.05, 4.69) is 6.58 Å². The number of carbonyl (C=O) groups excluding carboxylic acids is 2. The van der Waals surface area contributed by atoms with Crippen molar-refractivity contribution in [2.45, 2.75) is 135 Å². The molecule has 0 aromatic carbocycles. The van der Waals surface area contributed by atoms with E-state index in [0.717, 1.165) is 0 Å². The summed E-state index contributed by atoms with van der Waals surface area (Å²) < 4.78 is 101. The molecule has 0 radical (unpaired) electrons. The molecular formula is C36H54O19S2. The number of aliphatic carboxylic acids is 2. The fraction of sp³-hybridized carbons (Fsp3) is 0.833. The van der Waals surface area contributed by atoms with E-state index in [1.807, 2.05) is 0 Å². The van der Waals surface area contributed by atoms with Crippen LogP contribution in [0.15, 0.2) is 12.2 Å². The predicted molar refractivity (Wildman–Crippen MR) is 192 cm³/mol. The van der Waals surface area contributed by atoms with Crippen LogP contribution in [0, 0.1) is 45.8 Å². The second-order valence-electron chi connectivity index (χ2n) is 17.4. The molecule has 324 valence electrons. The molecule has 4 saturated carbocycles. The number of aliphatic hydroxyl groups excluding tert-OH is 1. The van der Waals surface area contributed by atoms with Gasteiger partial charge in [-0.15, -0.1) is 0 Å². The normalized spacial score (nSPS) is 37.6. The third kappa shape index (κ3) is 9.06. The van der Waals surface area contributed by atoms with E-state index in [1.165, 1.54) is 0 Å². The molecule has 12 atom stereocenters. The van der Waals surface area contributed by atoms with Crippen LogP contribution in [0.1, 0.15) is 92.4 Å². The maximum Gasteiger partial charge on any atom is 0.397 e. The van der Waals surface area contributed by atoms with Gasteiger partial charge in [0.05, 0.1) is 12.2 Å². The lowest BCUT2D eigenvalue weighted by atomic mass is 9.40. The van der Waals surface area contributed by atoms with E-state index in [4.69, 9.17) is 27.3 Å². The van der Waals surface area contributed by atoms with Crippen LogP contribution in [-0.4, -0.2) is 115 Å². The Morgan fingerprint density at radius 3 is 1.96 bits per heavy atom. The maximum absolute atomic E-state index is 13.3. The van der Waals surface area contributed by atoms with Crippen molar-refractivity contribution < 1.29 is 87.8 Å². The number of ether oxygens (including phenoxy) is 4. The van der Waals surface area contributed by atoms with Gasteiger partial charge in [-0.3, -0.25) is 28.3 Å². The van der Waals surface area contributed by atoms with Gasteiger partial charge in [-0.1, -0.05) is 41.2 Å². The van der Waals surface area contributed by atoms with Crippen molar-refractivity contribution in [3.05, 3.63) is 12.2 Å². The molecule has 0 unspecified atom stereocenters. The molecule has 1 heterocycles. The molecule has 0 aromatic rings. The van der Waals surface area contributed by atoms with Gasteiger partial charge in [-0.05, 0) is 79.1 Å². The highest BCUT2D eigenvalue weighted by Gasteiger charge is 2.72. The first kappa shape index (κ1) is 45.3. The van der Waals surface area contributed by atoms with Crippen LogP contribution in [0.3, 0.4) is 0 Å². The summed E-state index contributed by atoms with van der Waals surface area (Å²) in [5.74, 6) is -6.99. The van der Waals surface area contributed by atoms with E-state index in [9.17, 15) is 60.4 Å². The Kier molecular flexibility index (Phi) is 13.0. The molecule has 1 spiro atoms. The average molecular weight is 855 g/mol. The summed E-state index contributed by atoms with van der Waals surface area (Å²) in [6.07, 6.45) is -12.0.